The number of hydrogen-bond acceptors (Lipinski definition) is 1. The summed E-state index contributed by atoms with van der Waals surface area (Å²) in [5, 5.41) is 6.32. The van der Waals surface area contributed by atoms with E-state index < -0.39 is 11.6 Å². The molecule has 0 bridgehead atoms. The van der Waals surface area contributed by atoms with Crippen molar-refractivity contribution in [1.82, 2.24) is 10.6 Å². The molecule has 0 spiro atoms. The average Bonchev–Trinajstić information content (AvgIpc) is 3.22. The summed E-state index contributed by atoms with van der Waals surface area (Å²) in [6, 6.07) is 3.37. The van der Waals surface area contributed by atoms with Crippen LogP contribution in [-0.2, 0) is 0 Å². The highest BCUT2D eigenvalue weighted by molar-refractivity contribution is 5.80. The van der Waals surface area contributed by atoms with Crippen LogP contribution in [0.25, 0.3) is 0 Å². The molecule has 3 nitrogen and oxygen atoms in total. The Morgan fingerprint density at radius 2 is 2.14 bits per heavy atom. The van der Waals surface area contributed by atoms with Crippen molar-refractivity contribution in [3.8, 4) is 0 Å². The zero-order valence-electron chi connectivity index (χ0n) is 12.6. The molecule has 1 saturated carbocycles. The molecule has 1 atom stereocenters. The van der Waals surface area contributed by atoms with Gasteiger partial charge >= 0.3 is 0 Å². The van der Waals surface area contributed by atoms with Gasteiger partial charge in [0.05, 0.1) is 6.04 Å². The number of hydrogen-bond donors (Lipinski definition) is 2. The lowest BCUT2D eigenvalue weighted by atomic mass is 10.1. The maximum Gasteiger partial charge on any atom is 0.191 e. The fourth-order valence-corrected chi connectivity index (χ4v) is 2.22. The van der Waals surface area contributed by atoms with Crippen LogP contribution in [0.5, 0.6) is 0 Å². The van der Waals surface area contributed by atoms with Crippen LogP contribution in [0.1, 0.15) is 44.7 Å². The number of rotatable bonds is 6. The van der Waals surface area contributed by atoms with Gasteiger partial charge in [-0.05, 0) is 32.3 Å². The Morgan fingerprint density at radius 3 is 2.76 bits per heavy atom. The van der Waals surface area contributed by atoms with Gasteiger partial charge in [-0.2, -0.15) is 0 Å². The highest BCUT2D eigenvalue weighted by atomic mass is 19.1. The molecular weight excluding hydrogens is 272 g/mol. The van der Waals surface area contributed by atoms with E-state index in [0.717, 1.165) is 31.5 Å². The van der Waals surface area contributed by atoms with Crippen LogP contribution in [-0.4, -0.2) is 19.0 Å². The summed E-state index contributed by atoms with van der Waals surface area (Å²) in [5.74, 6) is 0.412. The molecule has 0 aliphatic heterocycles. The fraction of sp³-hybridized carbons (Fsp3) is 0.562. The Hall–Kier alpha value is -1.65. The minimum absolute atomic E-state index is 0.274. The van der Waals surface area contributed by atoms with Crippen molar-refractivity contribution < 1.29 is 8.78 Å². The van der Waals surface area contributed by atoms with Crippen LogP contribution in [0, 0.1) is 17.6 Å². The van der Waals surface area contributed by atoms with Gasteiger partial charge in [-0.15, -0.1) is 0 Å². The van der Waals surface area contributed by atoms with Crippen LogP contribution >= 0.6 is 0 Å². The van der Waals surface area contributed by atoms with Crippen LogP contribution in [0.3, 0.4) is 0 Å². The lowest BCUT2D eigenvalue weighted by Crippen LogP contribution is -2.39. The first-order valence-electron chi connectivity index (χ1n) is 7.60. The first-order valence-corrected chi connectivity index (χ1v) is 7.60. The number of aliphatic imine (C=N–C) groups is 1. The van der Waals surface area contributed by atoms with Gasteiger partial charge in [0.2, 0.25) is 0 Å². The minimum Gasteiger partial charge on any atom is -0.357 e. The SMILES string of the molecule is CCNC(=NCCC1CC1)NC(C)c1ccc(F)cc1F. The molecule has 5 heteroatoms. The van der Waals surface area contributed by atoms with E-state index >= 15 is 0 Å². The van der Waals surface area contributed by atoms with E-state index in [1.807, 2.05) is 13.8 Å². The zero-order valence-corrected chi connectivity index (χ0v) is 12.6. The summed E-state index contributed by atoms with van der Waals surface area (Å²) in [7, 11) is 0. The molecule has 0 amide bonds. The smallest absolute Gasteiger partial charge is 0.191 e. The maximum absolute atomic E-state index is 13.8. The van der Waals surface area contributed by atoms with Gasteiger partial charge in [0.1, 0.15) is 11.6 Å². The van der Waals surface area contributed by atoms with Gasteiger partial charge in [-0.3, -0.25) is 4.99 Å². The third-order valence-electron chi connectivity index (χ3n) is 3.63. The third kappa shape index (κ3) is 4.99. The molecule has 2 rings (SSSR count). The molecule has 2 N–H and O–H groups in total. The van der Waals surface area contributed by atoms with Crippen LogP contribution in [0.2, 0.25) is 0 Å². The number of halogens is 2. The van der Waals surface area contributed by atoms with E-state index in [2.05, 4.69) is 15.6 Å². The Labute approximate surface area is 124 Å². The molecule has 1 aliphatic rings. The number of nitrogens with one attached hydrogen (secondary N) is 2. The van der Waals surface area contributed by atoms with E-state index in [1.54, 1.807) is 0 Å². The lowest BCUT2D eigenvalue weighted by molar-refractivity contribution is 0.550. The van der Waals surface area contributed by atoms with Gasteiger partial charge in [0, 0.05) is 24.7 Å². The van der Waals surface area contributed by atoms with Crippen molar-refractivity contribution in [3.63, 3.8) is 0 Å². The van der Waals surface area contributed by atoms with E-state index in [4.69, 9.17) is 0 Å². The van der Waals surface area contributed by atoms with E-state index in [9.17, 15) is 8.78 Å². The standard InChI is InChI=1S/C16H23F2N3/c1-3-19-16(20-9-8-12-4-5-12)21-11(2)14-7-6-13(17)10-15(14)18/h6-7,10-12H,3-5,8-9H2,1-2H3,(H2,19,20,21). The Morgan fingerprint density at radius 1 is 1.38 bits per heavy atom. The molecule has 21 heavy (non-hydrogen) atoms. The summed E-state index contributed by atoms with van der Waals surface area (Å²) in [4.78, 5) is 4.50. The predicted molar refractivity (Wildman–Crippen MR) is 81.2 cm³/mol. The molecule has 0 saturated heterocycles. The molecule has 1 aromatic rings. The van der Waals surface area contributed by atoms with Gasteiger partial charge in [0.25, 0.3) is 0 Å². The molecule has 1 unspecified atom stereocenters. The first kappa shape index (κ1) is 15.7. The number of nitrogens with zero attached hydrogens (tertiary/aromatic N) is 1. The molecule has 1 aliphatic carbocycles. The van der Waals surface area contributed by atoms with Crippen molar-refractivity contribution in [2.24, 2.45) is 10.9 Å². The Balaban J connectivity index is 1.96. The summed E-state index contributed by atoms with van der Waals surface area (Å²) in [5.41, 5.74) is 0.434. The predicted octanol–water partition coefficient (Wildman–Crippen LogP) is 3.38. The number of benzene rings is 1. The highest BCUT2D eigenvalue weighted by Crippen LogP contribution is 2.32. The zero-order chi connectivity index (χ0) is 15.2. The molecular formula is C16H23F2N3. The van der Waals surface area contributed by atoms with Gasteiger partial charge in [0.15, 0.2) is 5.96 Å². The highest BCUT2D eigenvalue weighted by Gasteiger charge is 2.20. The summed E-state index contributed by atoms with van der Waals surface area (Å²) >= 11 is 0. The van der Waals surface area contributed by atoms with Gasteiger partial charge < -0.3 is 10.6 Å². The molecule has 0 aromatic heterocycles. The van der Waals surface area contributed by atoms with Crippen LogP contribution in [0.15, 0.2) is 23.2 Å². The maximum atomic E-state index is 13.8. The fourth-order valence-electron chi connectivity index (χ4n) is 2.22. The third-order valence-corrected chi connectivity index (χ3v) is 3.63. The minimum atomic E-state index is -0.562. The molecule has 116 valence electrons. The monoisotopic (exact) mass is 295 g/mol. The van der Waals surface area contributed by atoms with Crippen molar-refractivity contribution in [2.45, 2.75) is 39.2 Å². The first-order chi connectivity index (χ1) is 10.1. The second-order valence-electron chi connectivity index (χ2n) is 5.52. The largest absolute Gasteiger partial charge is 0.357 e. The van der Waals surface area contributed by atoms with E-state index in [-0.39, 0.29) is 6.04 Å². The van der Waals surface area contributed by atoms with Crippen LogP contribution in [0.4, 0.5) is 8.78 Å². The van der Waals surface area contributed by atoms with Crippen molar-refractivity contribution in [3.05, 3.63) is 35.4 Å². The topological polar surface area (TPSA) is 36.4 Å². The normalized spacial score (nSPS) is 16.7. The summed E-state index contributed by atoms with van der Waals surface area (Å²) in [6.07, 6.45) is 3.74. The number of guanidine groups is 1. The average molecular weight is 295 g/mol. The molecule has 1 fully saturated rings. The molecule has 1 aromatic carbocycles. The quantitative estimate of drug-likeness (QED) is 0.623. The van der Waals surface area contributed by atoms with Crippen molar-refractivity contribution in [2.75, 3.05) is 13.1 Å². The van der Waals surface area contributed by atoms with E-state index in [0.29, 0.717) is 11.5 Å². The van der Waals surface area contributed by atoms with Crippen molar-refractivity contribution >= 4 is 5.96 Å². The molecule has 0 radical (unpaired) electrons. The second kappa shape index (κ2) is 7.38. The van der Waals surface area contributed by atoms with Gasteiger partial charge in [-0.1, -0.05) is 18.9 Å². The summed E-state index contributed by atoms with van der Waals surface area (Å²) < 4.78 is 26.7. The summed E-state index contributed by atoms with van der Waals surface area (Å²) in [6.45, 7) is 5.35. The lowest BCUT2D eigenvalue weighted by Gasteiger charge is -2.18. The van der Waals surface area contributed by atoms with Crippen molar-refractivity contribution in [1.29, 1.82) is 0 Å². The Bertz CT molecular complexity index is 498. The van der Waals surface area contributed by atoms with E-state index in [1.165, 1.54) is 25.0 Å². The molecule has 0 heterocycles. The second-order valence-corrected chi connectivity index (χ2v) is 5.52. The Kier molecular flexibility index (Phi) is 5.53. The van der Waals surface area contributed by atoms with Crippen LogP contribution < -0.4 is 10.6 Å². The van der Waals surface area contributed by atoms with Gasteiger partial charge in [-0.25, -0.2) is 8.78 Å².